The first kappa shape index (κ1) is 8.53. The van der Waals surface area contributed by atoms with E-state index < -0.39 is 0 Å². The predicted molar refractivity (Wildman–Crippen MR) is 48.2 cm³/mol. The van der Waals surface area contributed by atoms with Gasteiger partial charge < -0.3 is 10.1 Å². The number of hydrogen-bond donors (Lipinski definition) is 1. The maximum absolute atomic E-state index is 10.8. The van der Waals surface area contributed by atoms with Gasteiger partial charge in [0.25, 0.3) is 0 Å². The number of hydrogen-bond acceptors (Lipinski definition) is 4. The van der Waals surface area contributed by atoms with Gasteiger partial charge in [-0.2, -0.15) is 0 Å². The molecule has 0 saturated carbocycles. The first-order valence-electron chi connectivity index (χ1n) is 4.20. The lowest BCUT2D eigenvalue weighted by molar-refractivity contribution is -0.109. The van der Waals surface area contributed by atoms with E-state index in [1.165, 1.54) is 11.8 Å². The number of carbonyl (C=O) groups excluding carboxylic acids is 1. The minimum atomic E-state index is 0.221. The third-order valence-electron chi connectivity index (χ3n) is 2.41. The molecule has 0 aromatic carbocycles. The summed E-state index contributed by atoms with van der Waals surface area (Å²) in [5.74, 6) is 0. The van der Waals surface area contributed by atoms with E-state index in [2.05, 4.69) is 5.32 Å². The Hall–Kier alpha value is -0.0600. The topological polar surface area (TPSA) is 38.3 Å². The van der Waals surface area contributed by atoms with E-state index in [0.717, 1.165) is 26.2 Å². The molecule has 0 aromatic rings. The van der Waals surface area contributed by atoms with Crippen molar-refractivity contribution < 1.29 is 9.53 Å². The van der Waals surface area contributed by atoms with E-state index in [1.54, 1.807) is 6.92 Å². The van der Waals surface area contributed by atoms with Crippen LogP contribution in [0.3, 0.4) is 0 Å². The van der Waals surface area contributed by atoms with Gasteiger partial charge in [0.1, 0.15) is 0 Å². The Bertz CT molecular complexity index is 203. The number of thioether (sulfide) groups is 1. The molecular formula is C8H13NO2S. The van der Waals surface area contributed by atoms with Crippen LogP contribution in [0.5, 0.6) is 0 Å². The van der Waals surface area contributed by atoms with E-state index in [4.69, 9.17) is 4.74 Å². The molecule has 1 spiro atoms. The lowest BCUT2D eigenvalue weighted by Gasteiger charge is -2.38. The Morgan fingerprint density at radius 1 is 1.67 bits per heavy atom. The second-order valence-electron chi connectivity index (χ2n) is 3.59. The van der Waals surface area contributed by atoms with Crippen molar-refractivity contribution in [2.45, 2.75) is 24.1 Å². The second-order valence-corrected chi connectivity index (χ2v) is 5.07. The fourth-order valence-corrected chi connectivity index (χ4v) is 2.84. The molecule has 1 atom stereocenters. The summed E-state index contributed by atoms with van der Waals surface area (Å²) < 4.78 is 5.16. The van der Waals surface area contributed by atoms with Gasteiger partial charge in [0.2, 0.25) is 0 Å². The molecule has 2 heterocycles. The zero-order valence-corrected chi connectivity index (χ0v) is 7.95. The first-order chi connectivity index (χ1) is 5.70. The highest BCUT2D eigenvalue weighted by Gasteiger charge is 2.45. The Balaban J connectivity index is 1.85. The van der Waals surface area contributed by atoms with Crippen molar-refractivity contribution in [1.82, 2.24) is 5.32 Å². The molecule has 0 bridgehead atoms. The molecule has 2 aliphatic heterocycles. The molecular weight excluding hydrogens is 174 g/mol. The van der Waals surface area contributed by atoms with E-state index in [-0.39, 0.29) is 10.7 Å². The maximum atomic E-state index is 10.8. The summed E-state index contributed by atoms with van der Waals surface area (Å²) in [6.45, 7) is 4.23. The molecule has 0 aliphatic carbocycles. The molecule has 0 amide bonds. The highest BCUT2D eigenvalue weighted by atomic mass is 32.2. The van der Waals surface area contributed by atoms with Gasteiger partial charge in [-0.15, -0.1) is 0 Å². The Labute approximate surface area is 76.2 Å². The normalized spacial score (nSPS) is 31.9. The SMILES string of the molecule is CC(=O)SC1CNC2(COC2)C1. The highest BCUT2D eigenvalue weighted by Crippen LogP contribution is 2.33. The van der Waals surface area contributed by atoms with Gasteiger partial charge in [-0.25, -0.2) is 0 Å². The van der Waals surface area contributed by atoms with E-state index in [0.29, 0.717) is 5.25 Å². The van der Waals surface area contributed by atoms with Gasteiger partial charge in [0, 0.05) is 18.7 Å². The van der Waals surface area contributed by atoms with Crippen molar-refractivity contribution in [3.05, 3.63) is 0 Å². The number of carbonyl (C=O) groups is 1. The van der Waals surface area contributed by atoms with Crippen molar-refractivity contribution in [2.24, 2.45) is 0 Å². The molecule has 2 aliphatic rings. The molecule has 2 rings (SSSR count). The lowest BCUT2D eigenvalue weighted by atomic mass is 9.96. The van der Waals surface area contributed by atoms with E-state index in [1.807, 2.05) is 0 Å². The quantitative estimate of drug-likeness (QED) is 0.645. The Kier molecular flexibility index (Phi) is 2.14. The first-order valence-corrected chi connectivity index (χ1v) is 5.08. The van der Waals surface area contributed by atoms with Crippen LogP contribution < -0.4 is 5.32 Å². The zero-order chi connectivity index (χ0) is 8.60. The molecule has 4 heteroatoms. The van der Waals surface area contributed by atoms with Gasteiger partial charge in [-0.1, -0.05) is 11.8 Å². The number of ether oxygens (including phenoxy) is 1. The fraction of sp³-hybridized carbons (Fsp3) is 0.875. The monoisotopic (exact) mass is 187 g/mol. The molecule has 0 aromatic heterocycles. The fourth-order valence-electron chi connectivity index (χ4n) is 1.80. The summed E-state index contributed by atoms with van der Waals surface area (Å²) in [7, 11) is 0. The Morgan fingerprint density at radius 3 is 2.83 bits per heavy atom. The molecule has 2 fully saturated rings. The van der Waals surface area contributed by atoms with Crippen LogP contribution >= 0.6 is 11.8 Å². The third kappa shape index (κ3) is 1.51. The molecule has 1 N–H and O–H groups in total. The van der Waals surface area contributed by atoms with Crippen LogP contribution in [0.2, 0.25) is 0 Å². The summed E-state index contributed by atoms with van der Waals surface area (Å²) in [6.07, 6.45) is 1.08. The summed E-state index contributed by atoms with van der Waals surface area (Å²) in [5, 5.41) is 4.11. The van der Waals surface area contributed by atoms with Gasteiger partial charge in [0.05, 0.1) is 18.8 Å². The largest absolute Gasteiger partial charge is 0.377 e. The van der Waals surface area contributed by atoms with Crippen LogP contribution in [0.1, 0.15) is 13.3 Å². The van der Waals surface area contributed by atoms with E-state index in [9.17, 15) is 4.79 Å². The average molecular weight is 187 g/mol. The van der Waals surface area contributed by atoms with Crippen molar-refractivity contribution in [3.8, 4) is 0 Å². The molecule has 2 saturated heterocycles. The van der Waals surface area contributed by atoms with Crippen molar-refractivity contribution in [3.63, 3.8) is 0 Å². The van der Waals surface area contributed by atoms with Crippen LogP contribution in [-0.4, -0.2) is 35.7 Å². The second kappa shape index (κ2) is 3.01. The van der Waals surface area contributed by atoms with Gasteiger partial charge in [-0.3, -0.25) is 4.79 Å². The van der Waals surface area contributed by atoms with Crippen LogP contribution in [0.4, 0.5) is 0 Å². The van der Waals surface area contributed by atoms with Gasteiger partial charge >= 0.3 is 0 Å². The van der Waals surface area contributed by atoms with Crippen LogP contribution in [0.15, 0.2) is 0 Å². The van der Waals surface area contributed by atoms with Crippen LogP contribution in [-0.2, 0) is 9.53 Å². The van der Waals surface area contributed by atoms with Crippen molar-refractivity contribution in [2.75, 3.05) is 19.8 Å². The summed E-state index contributed by atoms with van der Waals surface area (Å²) in [6, 6.07) is 0. The maximum Gasteiger partial charge on any atom is 0.186 e. The summed E-state index contributed by atoms with van der Waals surface area (Å²) >= 11 is 1.46. The summed E-state index contributed by atoms with van der Waals surface area (Å²) in [4.78, 5) is 10.8. The lowest BCUT2D eigenvalue weighted by Crippen LogP contribution is -2.56. The van der Waals surface area contributed by atoms with Crippen molar-refractivity contribution in [1.29, 1.82) is 0 Å². The van der Waals surface area contributed by atoms with Crippen LogP contribution in [0.25, 0.3) is 0 Å². The standard InChI is InChI=1S/C8H13NO2S/c1-6(10)12-7-2-8(9-3-7)4-11-5-8/h7,9H,2-5H2,1H3. The molecule has 0 radical (unpaired) electrons. The Morgan fingerprint density at radius 2 is 2.42 bits per heavy atom. The average Bonchev–Trinajstić information content (AvgIpc) is 2.29. The van der Waals surface area contributed by atoms with Gasteiger partial charge in [0.15, 0.2) is 5.12 Å². The zero-order valence-electron chi connectivity index (χ0n) is 7.13. The molecule has 68 valence electrons. The predicted octanol–water partition coefficient (Wildman–Crippen LogP) is 0.397. The smallest absolute Gasteiger partial charge is 0.186 e. The minimum absolute atomic E-state index is 0.221. The van der Waals surface area contributed by atoms with Crippen LogP contribution in [0, 0.1) is 0 Å². The van der Waals surface area contributed by atoms with E-state index >= 15 is 0 Å². The minimum Gasteiger partial charge on any atom is -0.377 e. The summed E-state index contributed by atoms with van der Waals surface area (Å²) in [5.41, 5.74) is 0.229. The molecule has 1 unspecified atom stereocenters. The third-order valence-corrected chi connectivity index (χ3v) is 3.41. The van der Waals surface area contributed by atoms with Gasteiger partial charge in [-0.05, 0) is 6.42 Å². The molecule has 3 nitrogen and oxygen atoms in total. The number of nitrogens with one attached hydrogen (secondary N) is 1. The molecule has 12 heavy (non-hydrogen) atoms. The number of rotatable bonds is 1. The van der Waals surface area contributed by atoms with Crippen molar-refractivity contribution >= 4 is 16.9 Å². The highest BCUT2D eigenvalue weighted by molar-refractivity contribution is 8.14.